The van der Waals surface area contributed by atoms with Crippen molar-refractivity contribution in [2.24, 2.45) is 0 Å². The summed E-state index contributed by atoms with van der Waals surface area (Å²) in [5.74, 6) is -0.427. The van der Waals surface area contributed by atoms with E-state index < -0.39 is 0 Å². The van der Waals surface area contributed by atoms with E-state index in [9.17, 15) is 14.4 Å². The molecule has 148 valence electrons. The van der Waals surface area contributed by atoms with Crippen molar-refractivity contribution in [3.8, 4) is 0 Å². The van der Waals surface area contributed by atoms with Gasteiger partial charge in [0.2, 0.25) is 5.91 Å². The lowest BCUT2D eigenvalue weighted by molar-refractivity contribution is -0.116. The normalized spacial score (nSPS) is 10.2. The van der Waals surface area contributed by atoms with Crippen LogP contribution >= 0.6 is 0 Å². The number of carbonyl (C=O) groups is 3. The average Bonchev–Trinajstić information content (AvgIpc) is 2.74. The van der Waals surface area contributed by atoms with Crippen LogP contribution in [-0.2, 0) is 4.79 Å². The van der Waals surface area contributed by atoms with Crippen molar-refractivity contribution >= 4 is 40.0 Å². The van der Waals surface area contributed by atoms with Gasteiger partial charge < -0.3 is 21.3 Å². The van der Waals surface area contributed by atoms with Crippen molar-refractivity contribution in [1.82, 2.24) is 10.6 Å². The molecule has 4 N–H and O–H groups in total. The standard InChI is InChI=1S/C22H22N4O3/c1-23-22(29)26-19-10-8-18(9-11-19)25-20(27)12-13-24-21(28)17-7-6-15-4-2-3-5-16(15)14-17/h2-11,14H,12-13H2,1H3,(H,24,28)(H,25,27)(H2,23,26,29). The van der Waals surface area contributed by atoms with Crippen molar-refractivity contribution in [1.29, 1.82) is 0 Å². The van der Waals surface area contributed by atoms with Gasteiger partial charge in [-0.1, -0.05) is 30.3 Å². The van der Waals surface area contributed by atoms with Crippen molar-refractivity contribution in [3.63, 3.8) is 0 Å². The van der Waals surface area contributed by atoms with E-state index in [2.05, 4.69) is 21.3 Å². The highest BCUT2D eigenvalue weighted by molar-refractivity contribution is 5.99. The van der Waals surface area contributed by atoms with E-state index in [1.807, 2.05) is 36.4 Å². The first kappa shape index (κ1) is 19.9. The second kappa shape index (κ2) is 9.36. The van der Waals surface area contributed by atoms with Crippen LogP contribution in [0.5, 0.6) is 0 Å². The van der Waals surface area contributed by atoms with Crippen LogP contribution in [-0.4, -0.2) is 31.4 Å². The maximum Gasteiger partial charge on any atom is 0.318 e. The quantitative estimate of drug-likeness (QED) is 0.519. The first-order valence-corrected chi connectivity index (χ1v) is 9.21. The molecule has 0 aliphatic rings. The van der Waals surface area contributed by atoms with Gasteiger partial charge in [-0.2, -0.15) is 0 Å². The maximum absolute atomic E-state index is 12.3. The fraction of sp³-hybridized carbons (Fsp3) is 0.136. The van der Waals surface area contributed by atoms with Crippen molar-refractivity contribution in [2.75, 3.05) is 24.2 Å². The highest BCUT2D eigenvalue weighted by atomic mass is 16.2. The predicted molar refractivity (Wildman–Crippen MR) is 114 cm³/mol. The molecule has 7 nitrogen and oxygen atoms in total. The largest absolute Gasteiger partial charge is 0.352 e. The Morgan fingerprint density at radius 2 is 1.45 bits per heavy atom. The molecule has 7 heteroatoms. The number of fused-ring (bicyclic) bond motifs is 1. The van der Waals surface area contributed by atoms with E-state index in [0.717, 1.165) is 10.8 Å². The Bertz CT molecular complexity index is 1030. The molecule has 3 aromatic carbocycles. The molecule has 29 heavy (non-hydrogen) atoms. The molecule has 0 spiro atoms. The number of nitrogens with one attached hydrogen (secondary N) is 4. The predicted octanol–water partition coefficient (Wildman–Crippen LogP) is 3.35. The number of hydrogen-bond acceptors (Lipinski definition) is 3. The van der Waals surface area contributed by atoms with E-state index in [-0.39, 0.29) is 30.8 Å². The minimum Gasteiger partial charge on any atom is -0.352 e. The van der Waals surface area contributed by atoms with Gasteiger partial charge in [0.25, 0.3) is 5.91 Å². The van der Waals surface area contributed by atoms with Gasteiger partial charge in [0, 0.05) is 37.0 Å². The number of rotatable bonds is 6. The van der Waals surface area contributed by atoms with Crippen LogP contribution < -0.4 is 21.3 Å². The lowest BCUT2D eigenvalue weighted by atomic mass is 10.1. The smallest absolute Gasteiger partial charge is 0.318 e. The monoisotopic (exact) mass is 390 g/mol. The molecule has 0 unspecified atom stereocenters. The number of anilines is 2. The average molecular weight is 390 g/mol. The van der Waals surface area contributed by atoms with Gasteiger partial charge in [0.05, 0.1) is 0 Å². The van der Waals surface area contributed by atoms with E-state index in [0.29, 0.717) is 16.9 Å². The molecule has 0 aliphatic carbocycles. The van der Waals surface area contributed by atoms with Crippen molar-refractivity contribution < 1.29 is 14.4 Å². The van der Waals surface area contributed by atoms with E-state index in [4.69, 9.17) is 0 Å². The number of benzene rings is 3. The van der Waals surface area contributed by atoms with Gasteiger partial charge in [-0.3, -0.25) is 9.59 Å². The molecule has 0 atom stereocenters. The molecule has 4 amide bonds. The third-order valence-corrected chi connectivity index (χ3v) is 4.30. The zero-order valence-corrected chi connectivity index (χ0v) is 16.0. The van der Waals surface area contributed by atoms with Crippen LogP contribution in [0.2, 0.25) is 0 Å². The fourth-order valence-corrected chi connectivity index (χ4v) is 2.78. The van der Waals surface area contributed by atoms with Gasteiger partial charge >= 0.3 is 6.03 Å². The van der Waals surface area contributed by atoms with Crippen molar-refractivity contribution in [2.45, 2.75) is 6.42 Å². The Hall–Kier alpha value is -3.87. The third-order valence-electron chi connectivity index (χ3n) is 4.30. The third kappa shape index (κ3) is 5.55. The minimum atomic E-state index is -0.316. The highest BCUT2D eigenvalue weighted by Crippen LogP contribution is 2.16. The molecule has 0 saturated carbocycles. The highest BCUT2D eigenvalue weighted by Gasteiger charge is 2.08. The van der Waals surface area contributed by atoms with Gasteiger partial charge in [-0.25, -0.2) is 4.79 Å². The number of urea groups is 1. The molecular formula is C22H22N4O3. The molecule has 3 rings (SSSR count). The van der Waals surface area contributed by atoms with Gasteiger partial charge in [-0.05, 0) is 47.2 Å². The molecular weight excluding hydrogens is 368 g/mol. The maximum atomic E-state index is 12.3. The van der Waals surface area contributed by atoms with E-state index >= 15 is 0 Å². The van der Waals surface area contributed by atoms with Crippen LogP contribution in [0.25, 0.3) is 10.8 Å². The summed E-state index contributed by atoms with van der Waals surface area (Å²) >= 11 is 0. The second-order valence-electron chi connectivity index (χ2n) is 6.40. The lowest BCUT2D eigenvalue weighted by Crippen LogP contribution is -2.27. The zero-order valence-electron chi connectivity index (χ0n) is 16.0. The summed E-state index contributed by atoms with van der Waals surface area (Å²) in [5, 5.41) is 12.7. The summed E-state index contributed by atoms with van der Waals surface area (Å²) in [6.07, 6.45) is 0.150. The van der Waals surface area contributed by atoms with Crippen LogP contribution in [0.3, 0.4) is 0 Å². The fourth-order valence-electron chi connectivity index (χ4n) is 2.78. The molecule has 0 heterocycles. The second-order valence-corrected chi connectivity index (χ2v) is 6.40. The Labute approximate surface area is 168 Å². The number of hydrogen-bond donors (Lipinski definition) is 4. The number of amides is 4. The van der Waals surface area contributed by atoms with Crippen molar-refractivity contribution in [3.05, 3.63) is 72.3 Å². The van der Waals surface area contributed by atoms with Crippen LogP contribution in [0.1, 0.15) is 16.8 Å². The van der Waals surface area contributed by atoms with E-state index in [1.165, 1.54) is 7.05 Å². The molecule has 3 aromatic rings. The lowest BCUT2D eigenvalue weighted by Gasteiger charge is -2.09. The Morgan fingerprint density at radius 1 is 0.793 bits per heavy atom. The molecule has 0 fully saturated rings. The molecule has 0 radical (unpaired) electrons. The summed E-state index contributed by atoms with van der Waals surface area (Å²) in [6, 6.07) is 19.8. The van der Waals surface area contributed by atoms with Gasteiger partial charge in [0.15, 0.2) is 0 Å². The van der Waals surface area contributed by atoms with Crippen LogP contribution in [0.4, 0.5) is 16.2 Å². The van der Waals surface area contributed by atoms with Crippen LogP contribution in [0, 0.1) is 0 Å². The first-order chi connectivity index (χ1) is 14.0. The SMILES string of the molecule is CNC(=O)Nc1ccc(NC(=O)CCNC(=O)c2ccc3ccccc3c2)cc1. The first-order valence-electron chi connectivity index (χ1n) is 9.21. The number of carbonyl (C=O) groups excluding carboxylic acids is 3. The van der Waals surface area contributed by atoms with Gasteiger partial charge in [-0.15, -0.1) is 0 Å². The molecule has 0 saturated heterocycles. The zero-order chi connectivity index (χ0) is 20.6. The summed E-state index contributed by atoms with van der Waals surface area (Å²) in [5.41, 5.74) is 1.78. The minimum absolute atomic E-state index is 0.150. The summed E-state index contributed by atoms with van der Waals surface area (Å²) < 4.78 is 0. The Balaban J connectivity index is 1.46. The molecule has 0 aromatic heterocycles. The molecule has 0 aliphatic heterocycles. The summed E-state index contributed by atoms with van der Waals surface area (Å²) in [6.45, 7) is 0.230. The Kier molecular flexibility index (Phi) is 6.42. The summed E-state index contributed by atoms with van der Waals surface area (Å²) in [4.78, 5) is 35.6. The van der Waals surface area contributed by atoms with Crippen LogP contribution in [0.15, 0.2) is 66.7 Å². The van der Waals surface area contributed by atoms with E-state index in [1.54, 1.807) is 30.3 Å². The molecule has 0 bridgehead atoms. The van der Waals surface area contributed by atoms with Gasteiger partial charge in [0.1, 0.15) is 0 Å². The Morgan fingerprint density at radius 3 is 2.14 bits per heavy atom. The summed E-state index contributed by atoms with van der Waals surface area (Å²) in [7, 11) is 1.53. The topological polar surface area (TPSA) is 99.3 Å².